The number of rotatable bonds is 9. The molecular formula is C28H36ClFN4O5S2. The summed E-state index contributed by atoms with van der Waals surface area (Å²) in [5.41, 5.74) is 0.0417. The lowest BCUT2D eigenvalue weighted by atomic mass is 9.74. The first-order valence-corrected chi connectivity index (χ1v) is 16.2. The van der Waals surface area contributed by atoms with Crippen LogP contribution in [0.5, 0.6) is 0 Å². The molecular weight excluding hydrogens is 591 g/mol. The van der Waals surface area contributed by atoms with Crippen molar-refractivity contribution in [3.63, 3.8) is 0 Å². The Kier molecular flexibility index (Phi) is 9.59. The fourth-order valence-electron chi connectivity index (χ4n) is 5.35. The van der Waals surface area contributed by atoms with Gasteiger partial charge in [-0.2, -0.15) is 0 Å². The van der Waals surface area contributed by atoms with Crippen molar-refractivity contribution >= 4 is 44.8 Å². The summed E-state index contributed by atoms with van der Waals surface area (Å²) in [7, 11) is -2.26. The summed E-state index contributed by atoms with van der Waals surface area (Å²) in [4.78, 5) is 22.2. The highest BCUT2D eigenvalue weighted by Gasteiger charge is 2.48. The fraction of sp³-hybridized carbons (Fsp3) is 0.536. The highest BCUT2D eigenvalue weighted by Crippen LogP contribution is 2.42. The van der Waals surface area contributed by atoms with E-state index in [2.05, 4.69) is 16.9 Å². The zero-order valence-corrected chi connectivity index (χ0v) is 26.0. The number of esters is 1. The number of carbonyl (C=O) groups excluding carboxylic acids is 1. The maximum absolute atomic E-state index is 14.0. The van der Waals surface area contributed by atoms with E-state index in [0.717, 1.165) is 6.08 Å². The highest BCUT2D eigenvalue weighted by molar-refractivity contribution is 7.89. The van der Waals surface area contributed by atoms with Gasteiger partial charge in [-0.25, -0.2) is 26.9 Å². The molecule has 9 nitrogen and oxygen atoms in total. The Morgan fingerprint density at radius 2 is 2.00 bits per heavy atom. The molecule has 1 saturated carbocycles. The van der Waals surface area contributed by atoms with Crippen molar-refractivity contribution in [2.75, 3.05) is 20.2 Å². The van der Waals surface area contributed by atoms with Gasteiger partial charge in [-0.05, 0) is 64.0 Å². The van der Waals surface area contributed by atoms with Crippen LogP contribution in [0.2, 0.25) is 0 Å². The number of sulfonamides is 1. The Bertz CT molecular complexity index is 1400. The van der Waals surface area contributed by atoms with Crippen LogP contribution in [-0.4, -0.2) is 71.7 Å². The van der Waals surface area contributed by atoms with E-state index in [9.17, 15) is 22.7 Å². The van der Waals surface area contributed by atoms with Gasteiger partial charge in [0.05, 0.1) is 23.5 Å². The number of thiazole rings is 1. The predicted octanol–water partition coefficient (Wildman–Crippen LogP) is 4.43. The van der Waals surface area contributed by atoms with E-state index in [4.69, 9.17) is 21.3 Å². The number of nitrogens with zero attached hydrogens (tertiary/aromatic N) is 3. The minimum atomic E-state index is -3.52. The lowest BCUT2D eigenvalue weighted by Crippen LogP contribution is -2.52. The average Bonchev–Trinajstić information content (AvgIpc) is 3.44. The Morgan fingerprint density at radius 3 is 2.54 bits per heavy atom. The molecule has 0 aromatic carbocycles. The Morgan fingerprint density at radius 1 is 1.34 bits per heavy atom. The van der Waals surface area contributed by atoms with Gasteiger partial charge in [0.25, 0.3) is 0 Å². The molecule has 0 spiro atoms. The van der Waals surface area contributed by atoms with Gasteiger partial charge in [0.2, 0.25) is 10.0 Å². The Hall–Kier alpha value is -2.38. The SMILES string of the molecule is C=C(/C(Cl)=C\C(F)=C/C)[C@H]1N=C(c2nccs2)NC(C2CCN(S(=O)(=O)C3CC(C(C)(C)O)C3)CC2)=C1C(=O)OC. The molecule has 1 aliphatic carbocycles. The van der Waals surface area contributed by atoms with Gasteiger partial charge in [0.15, 0.2) is 10.8 Å². The Balaban J connectivity index is 1.62. The van der Waals surface area contributed by atoms with Crippen LogP contribution >= 0.6 is 22.9 Å². The molecule has 2 aliphatic heterocycles. The third kappa shape index (κ3) is 6.67. The summed E-state index contributed by atoms with van der Waals surface area (Å²) in [6.07, 6.45) is 5.77. The number of halogens is 2. The lowest BCUT2D eigenvalue weighted by Gasteiger charge is -2.44. The number of amidine groups is 1. The predicted molar refractivity (Wildman–Crippen MR) is 159 cm³/mol. The second-order valence-corrected chi connectivity index (χ2v) is 14.5. The van der Waals surface area contributed by atoms with Gasteiger partial charge in [-0.1, -0.05) is 24.3 Å². The Labute approximate surface area is 249 Å². The zero-order valence-electron chi connectivity index (χ0n) is 23.6. The second-order valence-electron chi connectivity index (χ2n) is 11.0. The molecule has 4 rings (SSSR count). The first-order chi connectivity index (χ1) is 19.3. The zero-order chi connectivity index (χ0) is 30.1. The topological polar surface area (TPSA) is 121 Å². The number of hydrogen-bond acceptors (Lipinski definition) is 9. The number of allylic oxidation sites excluding steroid dienone is 4. The van der Waals surface area contributed by atoms with E-state index in [1.807, 2.05) is 0 Å². The van der Waals surface area contributed by atoms with Crippen LogP contribution in [0, 0.1) is 11.8 Å². The van der Waals surface area contributed by atoms with Crippen molar-refractivity contribution < 1.29 is 27.4 Å². The molecule has 0 radical (unpaired) electrons. The highest BCUT2D eigenvalue weighted by atomic mass is 35.5. The number of ether oxygens (including phenoxy) is 1. The molecule has 0 unspecified atom stereocenters. The minimum Gasteiger partial charge on any atom is -0.466 e. The summed E-state index contributed by atoms with van der Waals surface area (Å²) in [5, 5.41) is 15.4. The number of aromatic nitrogens is 1. The normalized spacial score (nSPS) is 25.3. The molecule has 41 heavy (non-hydrogen) atoms. The second kappa shape index (κ2) is 12.5. The number of methoxy groups -OCH3 is 1. The van der Waals surface area contributed by atoms with Crippen molar-refractivity contribution in [3.05, 3.63) is 63.0 Å². The molecule has 2 N–H and O–H groups in total. The maximum Gasteiger partial charge on any atom is 0.338 e. The van der Waals surface area contributed by atoms with Gasteiger partial charge in [0, 0.05) is 41.3 Å². The molecule has 224 valence electrons. The molecule has 3 heterocycles. The molecule has 3 aliphatic rings. The van der Waals surface area contributed by atoms with Gasteiger partial charge in [0.1, 0.15) is 11.9 Å². The van der Waals surface area contributed by atoms with E-state index < -0.39 is 38.7 Å². The monoisotopic (exact) mass is 626 g/mol. The maximum atomic E-state index is 14.0. The van der Waals surface area contributed by atoms with E-state index in [0.29, 0.717) is 42.2 Å². The van der Waals surface area contributed by atoms with Crippen LogP contribution < -0.4 is 5.32 Å². The number of nitrogens with one attached hydrogen (secondary N) is 1. The molecule has 2 fully saturated rings. The molecule has 1 aromatic rings. The van der Waals surface area contributed by atoms with Crippen LogP contribution in [0.25, 0.3) is 0 Å². The molecule has 1 aromatic heterocycles. The van der Waals surface area contributed by atoms with Gasteiger partial charge in [-0.15, -0.1) is 11.3 Å². The summed E-state index contributed by atoms with van der Waals surface area (Å²) >= 11 is 7.78. The lowest BCUT2D eigenvalue weighted by molar-refractivity contribution is -0.136. The minimum absolute atomic E-state index is 0.00117. The van der Waals surface area contributed by atoms with E-state index in [1.165, 1.54) is 35.8 Å². The molecule has 0 bridgehead atoms. The van der Waals surface area contributed by atoms with Crippen molar-refractivity contribution in [2.24, 2.45) is 16.8 Å². The first-order valence-electron chi connectivity index (χ1n) is 13.4. The van der Waals surface area contributed by atoms with Gasteiger partial charge < -0.3 is 15.2 Å². The number of hydrogen-bond donors (Lipinski definition) is 2. The quantitative estimate of drug-likeness (QED) is 0.307. The number of aliphatic hydroxyl groups is 1. The van der Waals surface area contributed by atoms with E-state index in [1.54, 1.807) is 25.4 Å². The summed E-state index contributed by atoms with van der Waals surface area (Å²) in [6, 6.07) is -0.971. The summed E-state index contributed by atoms with van der Waals surface area (Å²) in [6.45, 7) is 9.54. The third-order valence-electron chi connectivity index (χ3n) is 8.03. The standard InChI is InChI=1S/C28H36ClFN4O5S2/c1-6-19(30)15-21(29)16(2)23-22(27(35)39-5)24(33-25(32-23)26-31-9-12-40-26)17-7-10-34(11-8-17)41(37,38)20-13-18(14-20)28(3,4)36/h6,9,12,15,17-18,20,23,36H,2,7-8,10-11,13-14H2,1,3-5H3,(H,32,33)/b19-6+,21-15+/t18?,20?,23-/m1/s1. The van der Waals surface area contributed by atoms with Crippen molar-refractivity contribution in [1.29, 1.82) is 0 Å². The number of carbonyl (C=O) groups is 1. The smallest absolute Gasteiger partial charge is 0.338 e. The van der Waals surface area contributed by atoms with Crippen LogP contribution in [-0.2, 0) is 19.6 Å². The van der Waals surface area contributed by atoms with Gasteiger partial charge >= 0.3 is 5.97 Å². The molecule has 1 atom stereocenters. The number of piperidine rings is 1. The molecule has 13 heteroatoms. The summed E-state index contributed by atoms with van der Waals surface area (Å²) in [5.74, 6) is -1.07. The summed E-state index contributed by atoms with van der Waals surface area (Å²) < 4.78 is 47.3. The van der Waals surface area contributed by atoms with Crippen LogP contribution in [0.1, 0.15) is 51.5 Å². The first kappa shape index (κ1) is 31.6. The van der Waals surface area contributed by atoms with Crippen LogP contribution in [0.4, 0.5) is 4.39 Å². The van der Waals surface area contributed by atoms with Crippen LogP contribution in [0.3, 0.4) is 0 Å². The van der Waals surface area contributed by atoms with E-state index >= 15 is 0 Å². The third-order valence-corrected chi connectivity index (χ3v) is 11.5. The average molecular weight is 627 g/mol. The number of aliphatic imine (C=N–C) groups is 1. The molecule has 1 saturated heterocycles. The largest absolute Gasteiger partial charge is 0.466 e. The van der Waals surface area contributed by atoms with E-state index in [-0.39, 0.29) is 41.1 Å². The van der Waals surface area contributed by atoms with Crippen molar-refractivity contribution in [1.82, 2.24) is 14.6 Å². The van der Waals surface area contributed by atoms with Crippen molar-refractivity contribution in [3.8, 4) is 0 Å². The van der Waals surface area contributed by atoms with Gasteiger partial charge in [-0.3, -0.25) is 4.99 Å². The van der Waals surface area contributed by atoms with Crippen LogP contribution in [0.15, 0.2) is 63.0 Å². The molecule has 0 amide bonds. The fourth-order valence-corrected chi connectivity index (χ4v) is 8.23. The van der Waals surface area contributed by atoms with Crippen molar-refractivity contribution in [2.45, 2.75) is 63.3 Å².